The molecule has 0 fully saturated rings. The highest BCUT2D eigenvalue weighted by Gasteiger charge is 2.05. The molecule has 0 amide bonds. The van der Waals surface area contributed by atoms with Gasteiger partial charge in [0.25, 0.3) is 0 Å². The summed E-state index contributed by atoms with van der Waals surface area (Å²) >= 11 is 0. The Labute approximate surface area is 112 Å². The van der Waals surface area contributed by atoms with Gasteiger partial charge in [0.05, 0.1) is 11.0 Å². The van der Waals surface area contributed by atoms with Gasteiger partial charge in [-0.2, -0.15) is 0 Å². The number of nitrogens with zero attached hydrogens (tertiary/aromatic N) is 1. The first-order chi connectivity index (χ1) is 9.30. The van der Waals surface area contributed by atoms with Crippen molar-refractivity contribution in [3.63, 3.8) is 0 Å². The fraction of sp³-hybridized carbons (Fsp3) is 0.188. The molecule has 2 aromatic carbocycles. The second kappa shape index (κ2) is 4.86. The van der Waals surface area contributed by atoms with Crippen LogP contribution >= 0.6 is 0 Å². The maximum atomic E-state index is 5.66. The van der Waals surface area contributed by atoms with Crippen LogP contribution in [0.1, 0.15) is 18.1 Å². The Hall–Kier alpha value is -2.13. The highest BCUT2D eigenvalue weighted by Crippen LogP contribution is 2.21. The molecule has 0 radical (unpaired) electrons. The van der Waals surface area contributed by atoms with Gasteiger partial charge in [-0.15, -0.1) is 0 Å². The molecular formula is C16H17N3. The van der Waals surface area contributed by atoms with Gasteiger partial charge in [0, 0.05) is 12.1 Å². The Morgan fingerprint density at radius 1 is 1.05 bits per heavy atom. The molecule has 0 atom stereocenters. The third-order valence-electron chi connectivity index (χ3n) is 3.42. The third-order valence-corrected chi connectivity index (χ3v) is 3.42. The Balaban J connectivity index is 2.04. The maximum Gasteiger partial charge on any atom is 0.138 e. The van der Waals surface area contributed by atoms with Gasteiger partial charge in [0.2, 0.25) is 0 Å². The number of imidazole rings is 1. The largest absolute Gasteiger partial charge is 0.338 e. The van der Waals surface area contributed by atoms with E-state index < -0.39 is 0 Å². The quantitative estimate of drug-likeness (QED) is 0.750. The molecule has 0 aliphatic heterocycles. The molecule has 3 nitrogen and oxygen atoms in total. The molecule has 0 unspecified atom stereocenters. The molecular weight excluding hydrogens is 234 g/mol. The van der Waals surface area contributed by atoms with E-state index in [4.69, 9.17) is 5.73 Å². The van der Waals surface area contributed by atoms with Crippen molar-refractivity contribution in [2.75, 3.05) is 0 Å². The number of hydrogen-bond donors (Lipinski definition) is 2. The fourth-order valence-electron chi connectivity index (χ4n) is 2.22. The lowest BCUT2D eigenvalue weighted by molar-refractivity contribution is 1.07. The summed E-state index contributed by atoms with van der Waals surface area (Å²) in [6, 6.07) is 14.6. The number of aromatic nitrogens is 2. The zero-order valence-electron chi connectivity index (χ0n) is 11.0. The Morgan fingerprint density at radius 3 is 2.47 bits per heavy atom. The van der Waals surface area contributed by atoms with Gasteiger partial charge >= 0.3 is 0 Å². The lowest BCUT2D eigenvalue weighted by Gasteiger charge is -1.98. The molecule has 0 saturated carbocycles. The van der Waals surface area contributed by atoms with Gasteiger partial charge in [-0.3, -0.25) is 0 Å². The number of benzene rings is 2. The van der Waals surface area contributed by atoms with E-state index in [1.165, 1.54) is 5.56 Å². The summed E-state index contributed by atoms with van der Waals surface area (Å²) in [7, 11) is 0. The molecule has 1 heterocycles. The van der Waals surface area contributed by atoms with Crippen molar-refractivity contribution in [3.05, 3.63) is 53.6 Å². The lowest BCUT2D eigenvalue weighted by atomic mass is 10.1. The second-order valence-corrected chi connectivity index (χ2v) is 4.69. The first kappa shape index (κ1) is 11.9. The maximum absolute atomic E-state index is 5.66. The molecule has 96 valence electrons. The first-order valence-electron chi connectivity index (χ1n) is 6.58. The van der Waals surface area contributed by atoms with Crippen LogP contribution in [0.5, 0.6) is 0 Å². The highest BCUT2D eigenvalue weighted by atomic mass is 14.9. The lowest BCUT2D eigenvalue weighted by Crippen LogP contribution is -1.95. The van der Waals surface area contributed by atoms with Crippen LogP contribution in [0.25, 0.3) is 22.4 Å². The summed E-state index contributed by atoms with van der Waals surface area (Å²) in [5.74, 6) is 0.909. The summed E-state index contributed by atoms with van der Waals surface area (Å²) in [6.45, 7) is 2.71. The van der Waals surface area contributed by atoms with Crippen LogP contribution in [-0.4, -0.2) is 9.97 Å². The molecule has 3 rings (SSSR count). The molecule has 3 N–H and O–H groups in total. The van der Waals surface area contributed by atoms with Crippen LogP contribution in [0.4, 0.5) is 0 Å². The predicted octanol–water partition coefficient (Wildman–Crippen LogP) is 3.25. The van der Waals surface area contributed by atoms with E-state index in [1.807, 2.05) is 12.1 Å². The number of H-pyrrole nitrogens is 1. The van der Waals surface area contributed by atoms with Crippen LogP contribution in [0.3, 0.4) is 0 Å². The average Bonchev–Trinajstić information content (AvgIpc) is 2.90. The summed E-state index contributed by atoms with van der Waals surface area (Å²) in [5.41, 5.74) is 11.2. The van der Waals surface area contributed by atoms with Crippen molar-refractivity contribution in [1.82, 2.24) is 9.97 Å². The fourth-order valence-corrected chi connectivity index (χ4v) is 2.22. The molecule has 0 aliphatic rings. The van der Waals surface area contributed by atoms with Crippen molar-refractivity contribution in [2.45, 2.75) is 19.9 Å². The molecule has 19 heavy (non-hydrogen) atoms. The number of fused-ring (bicyclic) bond motifs is 1. The van der Waals surface area contributed by atoms with E-state index in [-0.39, 0.29) is 0 Å². The summed E-state index contributed by atoms with van der Waals surface area (Å²) in [4.78, 5) is 7.97. The normalized spacial score (nSPS) is 11.1. The van der Waals surface area contributed by atoms with E-state index in [0.717, 1.165) is 34.4 Å². The number of rotatable bonds is 3. The smallest absolute Gasteiger partial charge is 0.138 e. The molecule has 3 heteroatoms. The van der Waals surface area contributed by atoms with E-state index >= 15 is 0 Å². The predicted molar refractivity (Wildman–Crippen MR) is 78.8 cm³/mol. The molecule has 0 saturated heterocycles. The zero-order chi connectivity index (χ0) is 13.2. The van der Waals surface area contributed by atoms with Crippen molar-refractivity contribution in [1.29, 1.82) is 0 Å². The topological polar surface area (TPSA) is 54.7 Å². The average molecular weight is 251 g/mol. The number of aryl methyl sites for hydroxylation is 1. The van der Waals surface area contributed by atoms with Gasteiger partial charge in [-0.05, 0) is 29.7 Å². The first-order valence-corrected chi connectivity index (χ1v) is 6.58. The molecule has 3 aromatic rings. The molecule has 0 spiro atoms. The van der Waals surface area contributed by atoms with E-state index in [1.54, 1.807) is 0 Å². The van der Waals surface area contributed by atoms with E-state index in [0.29, 0.717) is 6.54 Å². The summed E-state index contributed by atoms with van der Waals surface area (Å²) < 4.78 is 0. The van der Waals surface area contributed by atoms with E-state index in [2.05, 4.69) is 47.2 Å². The van der Waals surface area contributed by atoms with Crippen molar-refractivity contribution >= 4 is 11.0 Å². The van der Waals surface area contributed by atoms with Crippen LogP contribution in [0, 0.1) is 0 Å². The summed E-state index contributed by atoms with van der Waals surface area (Å²) in [6.07, 6.45) is 1.06. The highest BCUT2D eigenvalue weighted by molar-refractivity contribution is 5.80. The Bertz CT molecular complexity index is 696. The standard InChI is InChI=1S/C16H17N3/c1-2-11-3-6-13(7-4-11)16-18-14-8-5-12(10-17)9-15(14)19-16/h3-9H,2,10,17H2,1H3,(H,18,19). The van der Waals surface area contributed by atoms with Gasteiger partial charge in [0.15, 0.2) is 0 Å². The van der Waals surface area contributed by atoms with Crippen LogP contribution < -0.4 is 5.73 Å². The van der Waals surface area contributed by atoms with Crippen molar-refractivity contribution < 1.29 is 0 Å². The van der Waals surface area contributed by atoms with Gasteiger partial charge in [0.1, 0.15) is 5.82 Å². The minimum Gasteiger partial charge on any atom is -0.338 e. The van der Waals surface area contributed by atoms with Crippen LogP contribution in [-0.2, 0) is 13.0 Å². The number of nitrogens with two attached hydrogens (primary N) is 1. The van der Waals surface area contributed by atoms with Gasteiger partial charge in [-0.1, -0.05) is 37.3 Å². The van der Waals surface area contributed by atoms with E-state index in [9.17, 15) is 0 Å². The molecule has 0 bridgehead atoms. The van der Waals surface area contributed by atoms with Crippen LogP contribution in [0.15, 0.2) is 42.5 Å². The minimum atomic E-state index is 0.551. The second-order valence-electron chi connectivity index (χ2n) is 4.69. The molecule has 1 aromatic heterocycles. The van der Waals surface area contributed by atoms with Crippen molar-refractivity contribution in [3.8, 4) is 11.4 Å². The van der Waals surface area contributed by atoms with Crippen molar-refractivity contribution in [2.24, 2.45) is 5.73 Å². The number of nitrogens with one attached hydrogen (secondary N) is 1. The third kappa shape index (κ3) is 2.25. The summed E-state index contributed by atoms with van der Waals surface area (Å²) in [5, 5.41) is 0. The van der Waals surface area contributed by atoms with Gasteiger partial charge in [-0.25, -0.2) is 4.98 Å². The zero-order valence-corrected chi connectivity index (χ0v) is 11.0. The Kier molecular flexibility index (Phi) is 3.05. The number of hydrogen-bond acceptors (Lipinski definition) is 2. The number of aromatic amines is 1. The monoisotopic (exact) mass is 251 g/mol. The Morgan fingerprint density at radius 2 is 1.79 bits per heavy atom. The van der Waals surface area contributed by atoms with Crippen LogP contribution in [0.2, 0.25) is 0 Å². The molecule has 0 aliphatic carbocycles. The SMILES string of the molecule is CCc1ccc(-c2nc3ccc(CN)cc3[nH]2)cc1. The minimum absolute atomic E-state index is 0.551. The van der Waals surface area contributed by atoms with Gasteiger partial charge < -0.3 is 10.7 Å².